The zero-order valence-corrected chi connectivity index (χ0v) is 12.2. The standard InChI is InChI=1S/C15H20ClNO2/c1-3-15(18)17-6-4-11(5-7-17)12-8-13(16)10-14(9-12)19-2/h8-11H,3-7H2,1-2H3. The highest BCUT2D eigenvalue weighted by atomic mass is 35.5. The van der Waals surface area contributed by atoms with E-state index >= 15 is 0 Å². The van der Waals surface area contributed by atoms with Crippen molar-refractivity contribution in [3.63, 3.8) is 0 Å². The van der Waals surface area contributed by atoms with Crippen LogP contribution in [0.25, 0.3) is 0 Å². The average Bonchev–Trinajstić information content (AvgIpc) is 2.46. The van der Waals surface area contributed by atoms with E-state index in [2.05, 4.69) is 0 Å². The van der Waals surface area contributed by atoms with Crippen molar-refractivity contribution in [2.24, 2.45) is 0 Å². The van der Waals surface area contributed by atoms with Crippen LogP contribution in [0, 0.1) is 0 Å². The molecule has 1 amide bonds. The van der Waals surface area contributed by atoms with Gasteiger partial charge >= 0.3 is 0 Å². The van der Waals surface area contributed by atoms with Gasteiger partial charge in [0.1, 0.15) is 5.75 Å². The first kappa shape index (κ1) is 14.2. The second kappa shape index (κ2) is 6.29. The number of carbonyl (C=O) groups excluding carboxylic acids is 1. The van der Waals surface area contributed by atoms with Gasteiger partial charge in [0.2, 0.25) is 5.91 Å². The van der Waals surface area contributed by atoms with Crippen LogP contribution in [0.4, 0.5) is 0 Å². The second-order valence-corrected chi connectivity index (χ2v) is 5.37. The van der Waals surface area contributed by atoms with Crippen LogP contribution in [0.5, 0.6) is 5.75 Å². The maximum atomic E-state index is 11.6. The number of piperidine rings is 1. The predicted octanol–water partition coefficient (Wildman–Crippen LogP) is 3.46. The molecule has 1 aromatic rings. The summed E-state index contributed by atoms with van der Waals surface area (Å²) >= 11 is 6.11. The number of carbonyl (C=O) groups is 1. The lowest BCUT2D eigenvalue weighted by atomic mass is 9.89. The average molecular weight is 282 g/mol. The van der Waals surface area contributed by atoms with Crippen LogP contribution in [-0.2, 0) is 4.79 Å². The summed E-state index contributed by atoms with van der Waals surface area (Å²) < 4.78 is 5.25. The van der Waals surface area contributed by atoms with Crippen LogP contribution in [0.3, 0.4) is 0 Å². The Balaban J connectivity index is 2.05. The van der Waals surface area contributed by atoms with Gasteiger partial charge in [-0.2, -0.15) is 0 Å². The van der Waals surface area contributed by atoms with Crippen LogP contribution in [0.15, 0.2) is 18.2 Å². The smallest absolute Gasteiger partial charge is 0.222 e. The molecule has 1 aliphatic rings. The summed E-state index contributed by atoms with van der Waals surface area (Å²) in [7, 11) is 1.65. The highest BCUT2D eigenvalue weighted by Crippen LogP contribution is 2.32. The summed E-state index contributed by atoms with van der Waals surface area (Å²) in [5, 5.41) is 0.710. The Hall–Kier alpha value is -1.22. The van der Waals surface area contributed by atoms with Crippen LogP contribution in [-0.4, -0.2) is 31.0 Å². The first-order chi connectivity index (χ1) is 9.13. The molecule has 4 heteroatoms. The fourth-order valence-electron chi connectivity index (χ4n) is 2.62. The van der Waals surface area contributed by atoms with Gasteiger partial charge in [0, 0.05) is 24.5 Å². The van der Waals surface area contributed by atoms with Crippen molar-refractivity contribution in [2.75, 3.05) is 20.2 Å². The van der Waals surface area contributed by atoms with Gasteiger partial charge in [0.15, 0.2) is 0 Å². The largest absolute Gasteiger partial charge is 0.497 e. The van der Waals surface area contributed by atoms with Crippen LogP contribution in [0.1, 0.15) is 37.7 Å². The van der Waals surface area contributed by atoms with E-state index in [4.69, 9.17) is 16.3 Å². The van der Waals surface area contributed by atoms with Gasteiger partial charge in [-0.3, -0.25) is 4.79 Å². The van der Waals surface area contributed by atoms with Crippen LogP contribution >= 0.6 is 11.6 Å². The summed E-state index contributed by atoms with van der Waals surface area (Å²) in [6.07, 6.45) is 2.58. The van der Waals surface area contributed by atoms with E-state index in [0.717, 1.165) is 31.7 Å². The Bertz CT molecular complexity index is 453. The van der Waals surface area contributed by atoms with Crippen molar-refractivity contribution in [3.05, 3.63) is 28.8 Å². The van der Waals surface area contributed by atoms with E-state index in [1.807, 2.05) is 30.0 Å². The van der Waals surface area contributed by atoms with Crippen LogP contribution < -0.4 is 4.74 Å². The van der Waals surface area contributed by atoms with Gasteiger partial charge in [-0.15, -0.1) is 0 Å². The molecule has 0 aromatic heterocycles. The molecule has 0 aliphatic carbocycles. The number of ether oxygens (including phenoxy) is 1. The van der Waals surface area contributed by atoms with Crippen LogP contribution in [0.2, 0.25) is 5.02 Å². The van der Waals surface area contributed by atoms with Crippen molar-refractivity contribution in [3.8, 4) is 5.75 Å². The van der Waals surface area contributed by atoms with Crippen molar-refractivity contribution >= 4 is 17.5 Å². The van der Waals surface area contributed by atoms with Crippen molar-refractivity contribution in [1.82, 2.24) is 4.90 Å². The molecule has 104 valence electrons. The number of nitrogens with zero attached hydrogens (tertiary/aromatic N) is 1. The third-order valence-corrected chi connectivity index (χ3v) is 3.97. The Morgan fingerprint density at radius 3 is 2.63 bits per heavy atom. The number of rotatable bonds is 3. The molecule has 1 aliphatic heterocycles. The minimum absolute atomic E-state index is 0.252. The molecule has 1 saturated heterocycles. The van der Waals surface area contributed by atoms with E-state index in [1.165, 1.54) is 5.56 Å². The molecule has 0 spiro atoms. The van der Waals surface area contributed by atoms with Crippen molar-refractivity contribution in [1.29, 1.82) is 0 Å². The molecule has 1 aromatic carbocycles. The third kappa shape index (κ3) is 3.41. The lowest BCUT2D eigenvalue weighted by molar-refractivity contribution is -0.131. The van der Waals surface area contributed by atoms with E-state index in [9.17, 15) is 4.79 Å². The Morgan fingerprint density at radius 2 is 2.05 bits per heavy atom. The summed E-state index contributed by atoms with van der Waals surface area (Å²) in [5.41, 5.74) is 1.22. The maximum Gasteiger partial charge on any atom is 0.222 e. The first-order valence-corrected chi connectivity index (χ1v) is 7.14. The molecule has 0 N–H and O–H groups in total. The van der Waals surface area contributed by atoms with E-state index in [1.54, 1.807) is 7.11 Å². The lowest BCUT2D eigenvalue weighted by Crippen LogP contribution is -2.37. The maximum absolute atomic E-state index is 11.6. The summed E-state index contributed by atoms with van der Waals surface area (Å²) in [6, 6.07) is 5.88. The molecule has 0 atom stereocenters. The number of halogens is 1. The van der Waals surface area contributed by atoms with E-state index < -0.39 is 0 Å². The van der Waals surface area contributed by atoms with E-state index in [-0.39, 0.29) is 5.91 Å². The van der Waals surface area contributed by atoms with Gasteiger partial charge in [-0.25, -0.2) is 0 Å². The van der Waals surface area contributed by atoms with Gasteiger partial charge in [0.25, 0.3) is 0 Å². The molecular weight excluding hydrogens is 262 g/mol. The molecule has 0 saturated carbocycles. The van der Waals surface area contributed by atoms with Gasteiger partial charge in [0.05, 0.1) is 7.11 Å². The zero-order chi connectivity index (χ0) is 13.8. The number of hydrogen-bond donors (Lipinski definition) is 0. The molecule has 0 radical (unpaired) electrons. The zero-order valence-electron chi connectivity index (χ0n) is 11.5. The third-order valence-electron chi connectivity index (χ3n) is 3.75. The van der Waals surface area contributed by atoms with Crippen molar-refractivity contribution in [2.45, 2.75) is 32.1 Å². The molecule has 2 rings (SSSR count). The fraction of sp³-hybridized carbons (Fsp3) is 0.533. The minimum atomic E-state index is 0.252. The predicted molar refractivity (Wildman–Crippen MR) is 76.9 cm³/mol. The molecular formula is C15H20ClNO2. The summed E-state index contributed by atoms with van der Waals surface area (Å²) in [6.45, 7) is 3.59. The monoisotopic (exact) mass is 281 g/mol. The molecule has 19 heavy (non-hydrogen) atoms. The quantitative estimate of drug-likeness (QED) is 0.849. The lowest BCUT2D eigenvalue weighted by Gasteiger charge is -2.32. The first-order valence-electron chi connectivity index (χ1n) is 6.76. The normalized spacial score (nSPS) is 16.5. The Labute approximate surface area is 119 Å². The minimum Gasteiger partial charge on any atom is -0.497 e. The highest BCUT2D eigenvalue weighted by Gasteiger charge is 2.23. The topological polar surface area (TPSA) is 29.5 Å². The number of likely N-dealkylation sites (tertiary alicyclic amines) is 1. The molecule has 0 unspecified atom stereocenters. The number of amides is 1. The van der Waals surface area contributed by atoms with Gasteiger partial charge in [-0.05, 0) is 42.5 Å². The van der Waals surface area contributed by atoms with Gasteiger partial charge < -0.3 is 9.64 Å². The number of hydrogen-bond acceptors (Lipinski definition) is 2. The SMILES string of the molecule is CCC(=O)N1CCC(c2cc(Cl)cc(OC)c2)CC1. The summed E-state index contributed by atoms with van der Waals surface area (Å²) in [4.78, 5) is 13.6. The molecule has 1 fully saturated rings. The highest BCUT2D eigenvalue weighted by molar-refractivity contribution is 6.30. The second-order valence-electron chi connectivity index (χ2n) is 4.93. The molecule has 1 heterocycles. The number of methoxy groups -OCH3 is 1. The molecule has 0 bridgehead atoms. The fourth-order valence-corrected chi connectivity index (χ4v) is 2.86. The summed E-state index contributed by atoms with van der Waals surface area (Å²) in [5.74, 6) is 1.52. The Morgan fingerprint density at radius 1 is 1.37 bits per heavy atom. The van der Waals surface area contributed by atoms with Gasteiger partial charge in [-0.1, -0.05) is 18.5 Å². The molecule has 3 nitrogen and oxygen atoms in total. The number of benzene rings is 1. The van der Waals surface area contributed by atoms with Crippen molar-refractivity contribution < 1.29 is 9.53 Å². The van der Waals surface area contributed by atoms with E-state index in [0.29, 0.717) is 17.4 Å². The Kier molecular flexibility index (Phi) is 4.70.